The average molecular weight is 329 g/mol. The van der Waals surface area contributed by atoms with Gasteiger partial charge in [0.15, 0.2) is 17.4 Å². The summed E-state index contributed by atoms with van der Waals surface area (Å²) in [6, 6.07) is 4.31. The second-order valence-corrected chi connectivity index (χ2v) is 4.30. The summed E-state index contributed by atoms with van der Waals surface area (Å²) in [5, 5.41) is 0. The minimum Gasteiger partial charge on any atom is -0.489 e. The number of benzene rings is 1. The van der Waals surface area contributed by atoms with E-state index in [1.165, 1.54) is 25.6 Å². The summed E-state index contributed by atoms with van der Waals surface area (Å²) in [5.74, 6) is 5.25. The number of methoxy groups -OCH3 is 1. The van der Waals surface area contributed by atoms with E-state index < -0.39 is 5.82 Å². The maximum Gasteiger partial charge on any atom is 0.268 e. The summed E-state index contributed by atoms with van der Waals surface area (Å²) in [6.45, 7) is 0. The molecule has 8 heteroatoms. The molecule has 0 saturated carbocycles. The Morgan fingerprint density at radius 2 is 2.16 bits per heavy atom. The van der Waals surface area contributed by atoms with E-state index in [9.17, 15) is 4.39 Å². The molecule has 0 aliphatic carbocycles. The van der Waals surface area contributed by atoms with Gasteiger partial charge >= 0.3 is 0 Å². The summed E-state index contributed by atoms with van der Waals surface area (Å²) in [6.07, 6.45) is 1.23. The number of hydrogen-bond acceptors (Lipinski definition) is 6. The fourth-order valence-electron chi connectivity index (χ4n) is 1.38. The molecular formula is C11H10BrFN4O2. The molecule has 0 saturated heterocycles. The van der Waals surface area contributed by atoms with Gasteiger partial charge in [0.25, 0.3) is 5.88 Å². The number of hydrazine groups is 1. The Morgan fingerprint density at radius 3 is 2.84 bits per heavy atom. The number of hydrogen-bond donors (Lipinski definition) is 2. The van der Waals surface area contributed by atoms with Crippen molar-refractivity contribution < 1.29 is 13.9 Å². The van der Waals surface area contributed by atoms with Crippen LogP contribution in [0.25, 0.3) is 0 Å². The molecule has 1 aromatic heterocycles. The number of rotatable bonds is 4. The van der Waals surface area contributed by atoms with Gasteiger partial charge in [-0.3, -0.25) is 0 Å². The van der Waals surface area contributed by atoms with Gasteiger partial charge in [0.05, 0.1) is 7.11 Å². The zero-order valence-corrected chi connectivity index (χ0v) is 11.4. The van der Waals surface area contributed by atoms with Gasteiger partial charge in [-0.25, -0.2) is 15.2 Å². The van der Waals surface area contributed by atoms with Crippen molar-refractivity contribution in [2.75, 3.05) is 12.5 Å². The third-order valence-corrected chi connectivity index (χ3v) is 2.71. The van der Waals surface area contributed by atoms with Crippen molar-refractivity contribution in [2.24, 2.45) is 5.84 Å². The second-order valence-electron chi connectivity index (χ2n) is 3.38. The molecule has 1 aromatic carbocycles. The Hall–Kier alpha value is -1.93. The van der Waals surface area contributed by atoms with Crippen molar-refractivity contribution in [3.63, 3.8) is 0 Å². The molecule has 2 aromatic rings. The van der Waals surface area contributed by atoms with E-state index >= 15 is 0 Å². The summed E-state index contributed by atoms with van der Waals surface area (Å²) in [7, 11) is 1.41. The topological polar surface area (TPSA) is 82.3 Å². The van der Waals surface area contributed by atoms with Crippen molar-refractivity contribution >= 4 is 21.7 Å². The predicted molar refractivity (Wildman–Crippen MR) is 70.6 cm³/mol. The Bertz CT molecular complexity index is 597. The van der Waals surface area contributed by atoms with Crippen LogP contribution in [0.15, 0.2) is 29.0 Å². The van der Waals surface area contributed by atoms with Crippen LogP contribution in [0, 0.1) is 5.82 Å². The first kappa shape index (κ1) is 13.5. The van der Waals surface area contributed by atoms with Gasteiger partial charge in [0.1, 0.15) is 6.33 Å². The molecule has 0 radical (unpaired) electrons. The highest BCUT2D eigenvalue weighted by molar-refractivity contribution is 9.10. The lowest BCUT2D eigenvalue weighted by Crippen LogP contribution is -2.11. The van der Waals surface area contributed by atoms with Crippen LogP contribution in [-0.2, 0) is 0 Å². The van der Waals surface area contributed by atoms with Gasteiger partial charge in [0.2, 0.25) is 5.75 Å². The van der Waals surface area contributed by atoms with Gasteiger partial charge < -0.3 is 14.9 Å². The highest BCUT2D eigenvalue weighted by Crippen LogP contribution is 2.35. The Labute approximate surface area is 116 Å². The zero-order valence-electron chi connectivity index (χ0n) is 9.85. The van der Waals surface area contributed by atoms with Crippen LogP contribution < -0.4 is 20.7 Å². The summed E-state index contributed by atoms with van der Waals surface area (Å²) < 4.78 is 24.7. The first-order valence-corrected chi connectivity index (χ1v) is 5.93. The quantitative estimate of drug-likeness (QED) is 0.662. The standard InChI is InChI=1S/C11H10BrFN4O2/c1-18-9-10(17-14)15-5-16-11(9)19-8-4-6(12)2-3-7(8)13/h2-5H,14H2,1H3,(H,15,16,17). The lowest BCUT2D eigenvalue weighted by Gasteiger charge is -2.12. The van der Waals surface area contributed by atoms with E-state index in [-0.39, 0.29) is 23.2 Å². The lowest BCUT2D eigenvalue weighted by atomic mass is 10.3. The molecule has 3 N–H and O–H groups in total. The normalized spacial score (nSPS) is 10.1. The number of anilines is 1. The van der Waals surface area contributed by atoms with E-state index in [2.05, 4.69) is 31.3 Å². The minimum atomic E-state index is -0.522. The van der Waals surface area contributed by atoms with E-state index in [1.807, 2.05) is 0 Å². The molecule has 0 spiro atoms. The van der Waals surface area contributed by atoms with Crippen LogP contribution >= 0.6 is 15.9 Å². The molecular weight excluding hydrogens is 319 g/mol. The SMILES string of the molecule is COc1c(NN)ncnc1Oc1cc(Br)ccc1F. The van der Waals surface area contributed by atoms with Crippen LogP contribution in [0.4, 0.5) is 10.2 Å². The van der Waals surface area contributed by atoms with Crippen molar-refractivity contribution in [1.82, 2.24) is 9.97 Å². The van der Waals surface area contributed by atoms with Gasteiger partial charge in [-0.1, -0.05) is 15.9 Å². The molecule has 0 aliphatic heterocycles. The van der Waals surface area contributed by atoms with Crippen molar-refractivity contribution in [2.45, 2.75) is 0 Å². The average Bonchev–Trinajstić information content (AvgIpc) is 2.42. The largest absolute Gasteiger partial charge is 0.489 e. The first-order valence-electron chi connectivity index (χ1n) is 5.14. The molecule has 6 nitrogen and oxygen atoms in total. The summed E-state index contributed by atoms with van der Waals surface area (Å²) in [4.78, 5) is 7.74. The molecule has 0 aliphatic rings. The van der Waals surface area contributed by atoms with E-state index in [1.54, 1.807) is 6.07 Å². The highest BCUT2D eigenvalue weighted by Gasteiger charge is 2.15. The van der Waals surface area contributed by atoms with Crippen molar-refractivity contribution in [3.8, 4) is 17.4 Å². The first-order chi connectivity index (χ1) is 9.15. The van der Waals surface area contributed by atoms with Crippen LogP contribution in [0.2, 0.25) is 0 Å². The molecule has 19 heavy (non-hydrogen) atoms. The van der Waals surface area contributed by atoms with Crippen LogP contribution in [0.3, 0.4) is 0 Å². The van der Waals surface area contributed by atoms with Gasteiger partial charge in [-0.05, 0) is 18.2 Å². The number of nitrogens with zero attached hydrogens (tertiary/aromatic N) is 2. The molecule has 0 atom stereocenters. The smallest absolute Gasteiger partial charge is 0.268 e. The number of nitrogens with one attached hydrogen (secondary N) is 1. The fourth-order valence-corrected chi connectivity index (χ4v) is 1.72. The molecule has 1 heterocycles. The molecule has 0 unspecified atom stereocenters. The van der Waals surface area contributed by atoms with Gasteiger partial charge in [-0.2, -0.15) is 4.98 Å². The van der Waals surface area contributed by atoms with Gasteiger partial charge in [0, 0.05) is 4.47 Å². The fraction of sp³-hybridized carbons (Fsp3) is 0.0909. The number of nitrogens with two attached hydrogens (primary N) is 1. The maximum absolute atomic E-state index is 13.6. The van der Waals surface area contributed by atoms with E-state index in [0.717, 1.165) is 0 Å². The molecule has 2 rings (SSSR count). The minimum absolute atomic E-state index is 0.00865. The summed E-state index contributed by atoms with van der Waals surface area (Å²) in [5.41, 5.74) is 2.34. The lowest BCUT2D eigenvalue weighted by molar-refractivity contribution is 0.360. The molecule has 0 bridgehead atoms. The predicted octanol–water partition coefficient (Wildman–Crippen LogP) is 2.46. The Kier molecular flexibility index (Phi) is 4.13. The number of aromatic nitrogens is 2. The van der Waals surface area contributed by atoms with Gasteiger partial charge in [-0.15, -0.1) is 0 Å². The Morgan fingerprint density at radius 1 is 1.37 bits per heavy atom. The monoisotopic (exact) mass is 328 g/mol. The van der Waals surface area contributed by atoms with E-state index in [0.29, 0.717) is 4.47 Å². The van der Waals surface area contributed by atoms with Crippen LogP contribution in [0.1, 0.15) is 0 Å². The third-order valence-electron chi connectivity index (χ3n) is 2.21. The van der Waals surface area contributed by atoms with Crippen molar-refractivity contribution in [3.05, 3.63) is 34.8 Å². The highest BCUT2D eigenvalue weighted by atomic mass is 79.9. The molecule has 0 fully saturated rings. The Balaban J connectivity index is 2.40. The number of ether oxygens (including phenoxy) is 2. The van der Waals surface area contributed by atoms with Crippen LogP contribution in [0.5, 0.6) is 17.4 Å². The molecule has 100 valence electrons. The van der Waals surface area contributed by atoms with Crippen LogP contribution in [-0.4, -0.2) is 17.1 Å². The number of nitrogen functional groups attached to an aromatic ring is 1. The maximum atomic E-state index is 13.6. The van der Waals surface area contributed by atoms with E-state index in [4.69, 9.17) is 15.3 Å². The van der Waals surface area contributed by atoms with Crippen molar-refractivity contribution in [1.29, 1.82) is 0 Å². The molecule has 0 amide bonds. The third kappa shape index (κ3) is 2.91. The second kappa shape index (κ2) is 5.81. The zero-order chi connectivity index (χ0) is 13.8. The summed E-state index contributed by atoms with van der Waals surface area (Å²) >= 11 is 3.23. The number of halogens is 2.